The van der Waals surface area contributed by atoms with Crippen molar-refractivity contribution < 1.29 is 29.0 Å². The van der Waals surface area contributed by atoms with Gasteiger partial charge in [0.2, 0.25) is 11.8 Å². The van der Waals surface area contributed by atoms with Gasteiger partial charge in [-0.25, -0.2) is 14.3 Å². The maximum atomic E-state index is 14.1. The summed E-state index contributed by atoms with van der Waals surface area (Å²) in [5.41, 5.74) is -2.37. The van der Waals surface area contributed by atoms with Gasteiger partial charge in [0.25, 0.3) is 5.56 Å². The lowest BCUT2D eigenvalue weighted by molar-refractivity contribution is -0.146. The van der Waals surface area contributed by atoms with Gasteiger partial charge in [-0.3, -0.25) is 14.4 Å². The number of carbonyl (C=O) groups is 4. The number of carbonyl (C=O) groups excluding carboxylic acids is 3. The molecule has 12 nitrogen and oxygen atoms in total. The van der Waals surface area contributed by atoms with E-state index in [0.717, 1.165) is 0 Å². The van der Waals surface area contributed by atoms with Crippen LogP contribution in [0.3, 0.4) is 0 Å². The van der Waals surface area contributed by atoms with Gasteiger partial charge in [-0.1, -0.05) is 26.8 Å². The number of aliphatic carboxylic acids is 1. The molecule has 1 saturated heterocycles. The molecule has 2 fully saturated rings. The van der Waals surface area contributed by atoms with Crippen LogP contribution in [0.5, 0.6) is 0 Å². The average Bonchev–Trinajstić information content (AvgIpc) is 3.34. The van der Waals surface area contributed by atoms with Gasteiger partial charge in [0.1, 0.15) is 23.2 Å². The third-order valence-corrected chi connectivity index (χ3v) is 7.25. The number of nitrogens with one attached hydrogen (secondary N) is 2. The van der Waals surface area contributed by atoms with Crippen molar-refractivity contribution in [3.05, 3.63) is 40.3 Å². The van der Waals surface area contributed by atoms with Gasteiger partial charge < -0.3 is 25.4 Å². The molecule has 0 unspecified atom stereocenters. The van der Waals surface area contributed by atoms with E-state index in [9.17, 15) is 29.1 Å². The first-order chi connectivity index (χ1) is 18.3. The summed E-state index contributed by atoms with van der Waals surface area (Å²) in [6.45, 7) is 17.4. The molecule has 0 spiro atoms. The van der Waals surface area contributed by atoms with Crippen molar-refractivity contribution in [1.29, 1.82) is 0 Å². The summed E-state index contributed by atoms with van der Waals surface area (Å²) in [5.74, 6) is -2.86. The van der Waals surface area contributed by atoms with Crippen LogP contribution in [0, 0.1) is 25.2 Å². The molecule has 1 aliphatic carbocycles. The summed E-state index contributed by atoms with van der Waals surface area (Å²) in [6, 6.07) is -1.20. The molecule has 2 aliphatic rings. The third kappa shape index (κ3) is 6.37. The second kappa shape index (κ2) is 10.7. The smallest absolute Gasteiger partial charge is 0.408 e. The standard InChI is InChI=1S/C28H41N5O7/c1-10-17-13-28(17,24(37)38)30-21(34)19-12-18(33-22(35)15(2)11-16(3)31-33)14-32(19)23(36)20(26(4,5)6)29-25(39)40-27(7,8)9/h10-11,17-20H,1,12-14H2,2-9H3,(H,29,39)(H,30,34)(H,37,38)/t17-,18-,19+,20-,28-/m1/s1. The lowest BCUT2D eigenvalue weighted by Crippen LogP contribution is -2.59. The van der Waals surface area contributed by atoms with E-state index >= 15 is 0 Å². The zero-order valence-electron chi connectivity index (χ0n) is 24.5. The van der Waals surface area contributed by atoms with Crippen LogP contribution in [-0.2, 0) is 19.1 Å². The van der Waals surface area contributed by atoms with Crippen molar-refractivity contribution in [3.63, 3.8) is 0 Å². The first-order valence-electron chi connectivity index (χ1n) is 13.4. The van der Waals surface area contributed by atoms with Crippen LogP contribution in [0.2, 0.25) is 0 Å². The molecule has 0 aromatic carbocycles. The third-order valence-electron chi connectivity index (χ3n) is 7.25. The second-order valence-electron chi connectivity index (χ2n) is 12.9. The predicted molar refractivity (Wildman–Crippen MR) is 147 cm³/mol. The molecule has 3 N–H and O–H groups in total. The molecule has 1 aromatic heterocycles. The molecule has 12 heteroatoms. The summed E-state index contributed by atoms with van der Waals surface area (Å²) >= 11 is 0. The van der Waals surface area contributed by atoms with Crippen LogP contribution < -0.4 is 16.2 Å². The van der Waals surface area contributed by atoms with Gasteiger partial charge in [-0.05, 0) is 52.5 Å². The molecule has 1 saturated carbocycles. The van der Waals surface area contributed by atoms with Crippen molar-refractivity contribution in [2.45, 2.75) is 97.5 Å². The van der Waals surface area contributed by atoms with Crippen LogP contribution in [0.4, 0.5) is 4.79 Å². The van der Waals surface area contributed by atoms with Crippen molar-refractivity contribution in [1.82, 2.24) is 25.3 Å². The van der Waals surface area contributed by atoms with Crippen molar-refractivity contribution >= 4 is 23.9 Å². The number of amides is 3. The molecule has 40 heavy (non-hydrogen) atoms. The number of carboxylic acids is 1. The number of hydrogen-bond acceptors (Lipinski definition) is 7. The van der Waals surface area contributed by atoms with Crippen LogP contribution in [0.25, 0.3) is 0 Å². The quantitative estimate of drug-likeness (QED) is 0.428. The zero-order valence-corrected chi connectivity index (χ0v) is 24.5. The van der Waals surface area contributed by atoms with Gasteiger partial charge in [0.05, 0.1) is 11.7 Å². The molecule has 3 amide bonds. The van der Waals surface area contributed by atoms with Gasteiger partial charge in [0.15, 0.2) is 0 Å². The molecule has 5 atom stereocenters. The van der Waals surface area contributed by atoms with Crippen molar-refractivity contribution in [2.75, 3.05) is 6.54 Å². The number of aromatic nitrogens is 2. The molecule has 220 valence electrons. The fraction of sp³-hybridized carbons (Fsp3) is 0.643. The van der Waals surface area contributed by atoms with Crippen LogP contribution in [0.15, 0.2) is 23.5 Å². The minimum Gasteiger partial charge on any atom is -0.479 e. The number of hydrogen-bond donors (Lipinski definition) is 3. The Balaban J connectivity index is 2.00. The Hall–Kier alpha value is -3.70. The highest BCUT2D eigenvalue weighted by Crippen LogP contribution is 2.45. The van der Waals surface area contributed by atoms with E-state index in [2.05, 4.69) is 22.3 Å². The zero-order chi connectivity index (χ0) is 30.4. The number of likely N-dealkylation sites (tertiary alicyclic amines) is 1. The Bertz CT molecular complexity index is 1280. The van der Waals surface area contributed by atoms with E-state index in [1.54, 1.807) is 61.5 Å². The largest absolute Gasteiger partial charge is 0.479 e. The summed E-state index contributed by atoms with van der Waals surface area (Å²) in [4.78, 5) is 66.7. The fourth-order valence-corrected chi connectivity index (χ4v) is 5.09. The van der Waals surface area contributed by atoms with Crippen LogP contribution in [0.1, 0.15) is 71.7 Å². The highest BCUT2D eigenvalue weighted by atomic mass is 16.6. The second-order valence-corrected chi connectivity index (χ2v) is 12.9. The van der Waals surface area contributed by atoms with E-state index in [1.165, 1.54) is 15.7 Å². The number of rotatable bonds is 7. The molecular formula is C28H41N5O7. The Morgan fingerprint density at radius 3 is 2.33 bits per heavy atom. The highest BCUT2D eigenvalue weighted by Gasteiger charge is 2.61. The number of carboxylic acid groups (broad SMARTS) is 1. The van der Waals surface area contributed by atoms with Gasteiger partial charge in [0, 0.05) is 24.4 Å². The van der Waals surface area contributed by atoms with E-state index < -0.39 is 64.5 Å². The maximum absolute atomic E-state index is 14.1. The maximum Gasteiger partial charge on any atom is 0.408 e. The van der Waals surface area contributed by atoms with E-state index in [4.69, 9.17) is 4.74 Å². The predicted octanol–water partition coefficient (Wildman–Crippen LogP) is 2.09. The minimum absolute atomic E-state index is 0.0329. The molecule has 0 bridgehead atoms. The summed E-state index contributed by atoms with van der Waals surface area (Å²) < 4.78 is 6.66. The lowest BCUT2D eigenvalue weighted by atomic mass is 9.85. The molecule has 2 heterocycles. The normalized spacial score (nSPS) is 25.1. The van der Waals surface area contributed by atoms with E-state index in [1.807, 2.05) is 0 Å². The van der Waals surface area contributed by atoms with E-state index in [0.29, 0.717) is 11.3 Å². The fourth-order valence-electron chi connectivity index (χ4n) is 5.09. The molecule has 1 aromatic rings. The van der Waals surface area contributed by atoms with Crippen LogP contribution in [-0.4, -0.2) is 73.4 Å². The van der Waals surface area contributed by atoms with Gasteiger partial charge in [-0.15, -0.1) is 6.58 Å². The Morgan fingerprint density at radius 1 is 1.20 bits per heavy atom. The first kappa shape index (κ1) is 30.8. The Morgan fingerprint density at radius 2 is 1.82 bits per heavy atom. The van der Waals surface area contributed by atoms with Gasteiger partial charge >= 0.3 is 12.1 Å². The monoisotopic (exact) mass is 559 g/mol. The van der Waals surface area contributed by atoms with Gasteiger partial charge in [-0.2, -0.15) is 5.10 Å². The average molecular weight is 560 g/mol. The topological polar surface area (TPSA) is 160 Å². The molecule has 1 aliphatic heterocycles. The summed E-state index contributed by atoms with van der Waals surface area (Å²) in [5, 5.41) is 19.5. The highest BCUT2D eigenvalue weighted by molar-refractivity contribution is 5.96. The lowest BCUT2D eigenvalue weighted by Gasteiger charge is -2.36. The Labute approximate surface area is 234 Å². The number of nitrogens with zero attached hydrogens (tertiary/aromatic N) is 3. The molecular weight excluding hydrogens is 518 g/mol. The number of aryl methyl sites for hydroxylation is 2. The van der Waals surface area contributed by atoms with E-state index in [-0.39, 0.29) is 24.9 Å². The first-order valence-corrected chi connectivity index (χ1v) is 13.4. The number of ether oxygens (including phenoxy) is 1. The van der Waals surface area contributed by atoms with Crippen LogP contribution >= 0.6 is 0 Å². The molecule has 3 rings (SSSR count). The summed E-state index contributed by atoms with van der Waals surface area (Å²) in [6.07, 6.45) is 0.908. The SMILES string of the molecule is C=C[C@@H]1C[C@]1(NC(=O)[C@@H]1C[C@@H](n2nc(C)cc(C)c2=O)CN1C(=O)[C@@H](NC(=O)OC(C)(C)C)C(C)(C)C)C(=O)O. The minimum atomic E-state index is -1.50. The number of alkyl carbamates (subject to hydrolysis) is 1. The molecule has 0 radical (unpaired) electrons. The summed E-state index contributed by atoms with van der Waals surface area (Å²) in [7, 11) is 0. The van der Waals surface area contributed by atoms with Crippen molar-refractivity contribution in [3.8, 4) is 0 Å². The van der Waals surface area contributed by atoms with Crippen molar-refractivity contribution in [2.24, 2.45) is 11.3 Å². The Kier molecular flexibility index (Phi) is 8.25.